The van der Waals surface area contributed by atoms with Gasteiger partial charge in [0.05, 0.1) is 23.8 Å². The summed E-state index contributed by atoms with van der Waals surface area (Å²) >= 11 is 0. The Kier molecular flexibility index (Phi) is 3.85. The molecular weight excluding hydrogens is 258 g/mol. The lowest BCUT2D eigenvalue weighted by atomic mass is 10.1. The minimum absolute atomic E-state index is 0.0500. The van der Waals surface area contributed by atoms with Gasteiger partial charge in [0.1, 0.15) is 0 Å². The Morgan fingerprint density at radius 1 is 1.35 bits per heavy atom. The fourth-order valence-electron chi connectivity index (χ4n) is 2.32. The van der Waals surface area contributed by atoms with Crippen molar-refractivity contribution in [1.29, 1.82) is 0 Å². The van der Waals surface area contributed by atoms with E-state index < -0.39 is 0 Å². The minimum atomic E-state index is -0.376. The SMILES string of the molecule is Cc1nn(Cc2cccc([N+](=O)[O-])c2C)c(C)c1CO. The summed E-state index contributed by atoms with van der Waals surface area (Å²) in [5, 5.41) is 24.6. The van der Waals surface area contributed by atoms with Gasteiger partial charge < -0.3 is 5.11 Å². The molecule has 0 bridgehead atoms. The number of benzene rings is 1. The molecule has 0 spiro atoms. The molecule has 1 aromatic carbocycles. The van der Waals surface area contributed by atoms with E-state index in [2.05, 4.69) is 5.10 Å². The number of rotatable bonds is 4. The number of aliphatic hydroxyl groups is 1. The zero-order chi connectivity index (χ0) is 14.9. The van der Waals surface area contributed by atoms with Crippen LogP contribution in [0.4, 0.5) is 5.69 Å². The summed E-state index contributed by atoms with van der Waals surface area (Å²) in [7, 11) is 0. The lowest BCUT2D eigenvalue weighted by Gasteiger charge is -2.08. The van der Waals surface area contributed by atoms with Crippen molar-refractivity contribution in [3.8, 4) is 0 Å². The second-order valence-electron chi connectivity index (χ2n) is 4.78. The van der Waals surface area contributed by atoms with E-state index in [0.29, 0.717) is 12.1 Å². The number of aliphatic hydroxyl groups excluding tert-OH is 1. The molecule has 2 aromatic rings. The van der Waals surface area contributed by atoms with Gasteiger partial charge in [0.2, 0.25) is 0 Å². The number of nitro benzene ring substituents is 1. The van der Waals surface area contributed by atoms with Crippen molar-refractivity contribution in [3.05, 3.63) is 56.4 Å². The summed E-state index contributed by atoms with van der Waals surface area (Å²) in [5.41, 5.74) is 4.10. The van der Waals surface area contributed by atoms with Crippen LogP contribution in [0, 0.1) is 30.9 Å². The number of aromatic nitrogens is 2. The van der Waals surface area contributed by atoms with Crippen molar-refractivity contribution in [2.24, 2.45) is 0 Å². The van der Waals surface area contributed by atoms with Crippen LogP contribution in [0.1, 0.15) is 28.1 Å². The van der Waals surface area contributed by atoms with Gasteiger partial charge in [-0.25, -0.2) is 0 Å². The summed E-state index contributed by atoms with van der Waals surface area (Å²) in [6.45, 7) is 5.88. The predicted octanol–water partition coefficient (Wildman–Crippen LogP) is 2.26. The Labute approximate surface area is 116 Å². The van der Waals surface area contributed by atoms with E-state index >= 15 is 0 Å². The second kappa shape index (κ2) is 5.42. The molecule has 0 saturated carbocycles. The third-order valence-electron chi connectivity index (χ3n) is 3.62. The highest BCUT2D eigenvalue weighted by Crippen LogP contribution is 2.23. The van der Waals surface area contributed by atoms with E-state index in [4.69, 9.17) is 0 Å². The molecule has 1 aromatic heterocycles. The highest BCUT2D eigenvalue weighted by Gasteiger charge is 2.16. The molecule has 0 aliphatic heterocycles. The quantitative estimate of drug-likeness (QED) is 0.685. The van der Waals surface area contributed by atoms with Crippen LogP contribution in [0.5, 0.6) is 0 Å². The topological polar surface area (TPSA) is 81.2 Å². The fraction of sp³-hybridized carbons (Fsp3) is 0.357. The summed E-state index contributed by atoms with van der Waals surface area (Å²) in [6, 6.07) is 5.04. The second-order valence-corrected chi connectivity index (χ2v) is 4.78. The van der Waals surface area contributed by atoms with Gasteiger partial charge in [-0.05, 0) is 26.3 Å². The molecule has 106 valence electrons. The highest BCUT2D eigenvalue weighted by atomic mass is 16.6. The van der Waals surface area contributed by atoms with Gasteiger partial charge >= 0.3 is 0 Å². The molecule has 6 heteroatoms. The maximum absolute atomic E-state index is 10.9. The van der Waals surface area contributed by atoms with Crippen molar-refractivity contribution in [1.82, 2.24) is 9.78 Å². The Hall–Kier alpha value is -2.21. The van der Waals surface area contributed by atoms with Crippen LogP contribution in [0.25, 0.3) is 0 Å². The van der Waals surface area contributed by atoms with E-state index in [1.54, 1.807) is 17.7 Å². The summed E-state index contributed by atoms with van der Waals surface area (Å²) in [5.74, 6) is 0. The van der Waals surface area contributed by atoms with Gasteiger partial charge in [0.25, 0.3) is 5.69 Å². The largest absolute Gasteiger partial charge is 0.392 e. The first kappa shape index (κ1) is 14.2. The molecule has 0 aliphatic carbocycles. The summed E-state index contributed by atoms with van der Waals surface area (Å²) in [6.07, 6.45) is 0. The van der Waals surface area contributed by atoms with Crippen molar-refractivity contribution < 1.29 is 10.0 Å². The highest BCUT2D eigenvalue weighted by molar-refractivity contribution is 5.44. The number of hydrogen-bond acceptors (Lipinski definition) is 4. The van der Waals surface area contributed by atoms with Crippen LogP contribution in [-0.4, -0.2) is 19.8 Å². The van der Waals surface area contributed by atoms with Gasteiger partial charge in [-0.2, -0.15) is 5.10 Å². The first-order valence-electron chi connectivity index (χ1n) is 6.32. The van der Waals surface area contributed by atoms with Crippen molar-refractivity contribution in [2.45, 2.75) is 33.9 Å². The van der Waals surface area contributed by atoms with Crippen molar-refractivity contribution in [3.63, 3.8) is 0 Å². The Morgan fingerprint density at radius 2 is 2.05 bits per heavy atom. The van der Waals surface area contributed by atoms with Crippen molar-refractivity contribution in [2.75, 3.05) is 0 Å². The monoisotopic (exact) mass is 275 g/mol. The van der Waals surface area contributed by atoms with E-state index in [1.807, 2.05) is 19.9 Å². The molecule has 2 rings (SSSR count). The molecule has 0 radical (unpaired) electrons. The minimum Gasteiger partial charge on any atom is -0.392 e. The van der Waals surface area contributed by atoms with Gasteiger partial charge in [-0.15, -0.1) is 0 Å². The van der Waals surface area contributed by atoms with E-state index in [0.717, 1.165) is 22.5 Å². The Bertz CT molecular complexity index is 662. The first-order chi connectivity index (χ1) is 9.45. The van der Waals surface area contributed by atoms with Crippen molar-refractivity contribution >= 4 is 5.69 Å². The molecule has 0 fully saturated rings. The third-order valence-corrected chi connectivity index (χ3v) is 3.62. The predicted molar refractivity (Wildman–Crippen MR) is 74.6 cm³/mol. The summed E-state index contributed by atoms with van der Waals surface area (Å²) < 4.78 is 1.77. The first-order valence-corrected chi connectivity index (χ1v) is 6.32. The Balaban J connectivity index is 2.41. The molecule has 1 heterocycles. The molecule has 20 heavy (non-hydrogen) atoms. The Morgan fingerprint density at radius 3 is 2.60 bits per heavy atom. The van der Waals surface area contributed by atoms with Gasteiger partial charge in [0, 0.05) is 22.9 Å². The number of hydrogen-bond donors (Lipinski definition) is 1. The van der Waals surface area contributed by atoms with Gasteiger partial charge in [-0.1, -0.05) is 12.1 Å². The zero-order valence-corrected chi connectivity index (χ0v) is 11.8. The molecule has 0 amide bonds. The van der Waals surface area contributed by atoms with E-state index in [1.165, 1.54) is 6.07 Å². The zero-order valence-electron chi connectivity index (χ0n) is 11.8. The van der Waals surface area contributed by atoms with Gasteiger partial charge in [-0.3, -0.25) is 14.8 Å². The standard InChI is InChI=1S/C14H17N3O3/c1-9-12(5-4-6-14(9)17(19)20)7-16-11(3)13(8-18)10(2)15-16/h4-6,18H,7-8H2,1-3H3. The lowest BCUT2D eigenvalue weighted by molar-refractivity contribution is -0.385. The smallest absolute Gasteiger partial charge is 0.272 e. The average molecular weight is 275 g/mol. The van der Waals surface area contributed by atoms with E-state index in [-0.39, 0.29) is 17.2 Å². The van der Waals surface area contributed by atoms with Crippen LogP contribution >= 0.6 is 0 Å². The van der Waals surface area contributed by atoms with Crippen LogP contribution in [0.3, 0.4) is 0 Å². The van der Waals surface area contributed by atoms with Crippen LogP contribution in [-0.2, 0) is 13.2 Å². The average Bonchev–Trinajstić information content (AvgIpc) is 2.66. The van der Waals surface area contributed by atoms with Crippen LogP contribution < -0.4 is 0 Å². The number of nitrogens with zero attached hydrogens (tertiary/aromatic N) is 3. The molecule has 6 nitrogen and oxygen atoms in total. The maximum Gasteiger partial charge on any atom is 0.272 e. The molecular formula is C14H17N3O3. The van der Waals surface area contributed by atoms with Crippen LogP contribution in [0.2, 0.25) is 0 Å². The molecule has 0 aliphatic rings. The fourth-order valence-corrected chi connectivity index (χ4v) is 2.32. The molecule has 0 atom stereocenters. The third kappa shape index (κ3) is 2.42. The van der Waals surface area contributed by atoms with Crippen LogP contribution in [0.15, 0.2) is 18.2 Å². The normalized spacial score (nSPS) is 10.8. The number of aryl methyl sites for hydroxylation is 1. The van der Waals surface area contributed by atoms with Gasteiger partial charge in [0.15, 0.2) is 0 Å². The molecule has 1 N–H and O–H groups in total. The molecule has 0 saturated heterocycles. The molecule has 0 unspecified atom stereocenters. The number of nitro groups is 1. The van der Waals surface area contributed by atoms with E-state index in [9.17, 15) is 15.2 Å². The maximum atomic E-state index is 10.9. The summed E-state index contributed by atoms with van der Waals surface area (Å²) in [4.78, 5) is 10.6. The lowest BCUT2D eigenvalue weighted by Crippen LogP contribution is -2.07.